The van der Waals surface area contributed by atoms with Crippen LogP contribution in [-0.4, -0.2) is 36.2 Å². The van der Waals surface area contributed by atoms with Crippen LogP contribution in [0.2, 0.25) is 0 Å². The van der Waals surface area contributed by atoms with E-state index in [1.807, 2.05) is 0 Å². The van der Waals surface area contributed by atoms with Gasteiger partial charge in [-0.05, 0) is 0 Å². The lowest BCUT2D eigenvalue weighted by Crippen LogP contribution is -2.25. The maximum absolute atomic E-state index is 11.1. The number of thioether (sulfide) groups is 1. The highest BCUT2D eigenvalue weighted by atomic mass is 32.2. The molecule has 8 heteroatoms. The molecule has 1 atom stereocenters. The third kappa shape index (κ3) is 4.80. The number of ether oxygens (including phenoxy) is 1. The fourth-order valence-electron chi connectivity index (χ4n) is 0.874. The summed E-state index contributed by atoms with van der Waals surface area (Å²) >= 11 is 1.46. The van der Waals surface area contributed by atoms with Crippen molar-refractivity contribution in [3.8, 4) is 0 Å². The van der Waals surface area contributed by atoms with Crippen molar-refractivity contribution >= 4 is 30.1 Å². The molecule has 1 rings (SSSR count). The molecule has 1 heterocycles. The summed E-state index contributed by atoms with van der Waals surface area (Å²) in [7, 11) is 0. The first-order valence-corrected chi connectivity index (χ1v) is 5.41. The SMILES string of the molecule is O=CNOC(=O)/C=C/C(=O)O[C@H]1NCCS1. The van der Waals surface area contributed by atoms with Crippen LogP contribution < -0.4 is 10.8 Å². The quantitative estimate of drug-likeness (QED) is 0.275. The van der Waals surface area contributed by atoms with E-state index < -0.39 is 11.9 Å². The van der Waals surface area contributed by atoms with Gasteiger partial charge in [0, 0.05) is 24.4 Å². The Morgan fingerprint density at radius 3 is 2.75 bits per heavy atom. The van der Waals surface area contributed by atoms with Crippen LogP contribution >= 0.6 is 11.8 Å². The molecule has 0 saturated carbocycles. The van der Waals surface area contributed by atoms with Gasteiger partial charge in [-0.25, -0.2) is 9.59 Å². The first-order valence-electron chi connectivity index (χ1n) is 4.36. The summed E-state index contributed by atoms with van der Waals surface area (Å²) in [6.07, 6.45) is 1.98. The van der Waals surface area contributed by atoms with Crippen molar-refractivity contribution in [3.05, 3.63) is 12.2 Å². The molecule has 88 valence electrons. The van der Waals surface area contributed by atoms with E-state index in [0.29, 0.717) is 0 Å². The number of carbonyl (C=O) groups is 3. The molecule has 0 aliphatic carbocycles. The molecule has 0 bridgehead atoms. The zero-order valence-electron chi connectivity index (χ0n) is 8.17. The van der Waals surface area contributed by atoms with E-state index in [1.165, 1.54) is 11.8 Å². The molecule has 1 aliphatic rings. The minimum atomic E-state index is -0.865. The summed E-state index contributed by atoms with van der Waals surface area (Å²) in [6, 6.07) is 0. The molecule has 1 aliphatic heterocycles. The number of hydrogen-bond donors (Lipinski definition) is 2. The summed E-state index contributed by atoms with van der Waals surface area (Å²) in [5.41, 5.74) is 1.32. The second kappa shape index (κ2) is 6.85. The van der Waals surface area contributed by atoms with Crippen LogP contribution in [0.15, 0.2) is 12.2 Å². The molecule has 0 radical (unpaired) electrons. The van der Waals surface area contributed by atoms with Crippen LogP contribution in [0.1, 0.15) is 0 Å². The van der Waals surface area contributed by atoms with Gasteiger partial charge < -0.3 is 9.57 Å². The van der Waals surface area contributed by atoms with Gasteiger partial charge in [-0.1, -0.05) is 0 Å². The van der Waals surface area contributed by atoms with Crippen LogP contribution in [0, 0.1) is 0 Å². The molecule has 1 amide bonds. The Morgan fingerprint density at radius 1 is 1.38 bits per heavy atom. The fourth-order valence-corrected chi connectivity index (χ4v) is 1.72. The Morgan fingerprint density at radius 2 is 2.12 bits per heavy atom. The Balaban J connectivity index is 2.23. The zero-order chi connectivity index (χ0) is 11.8. The average Bonchev–Trinajstić information content (AvgIpc) is 2.76. The maximum atomic E-state index is 11.1. The molecular formula is C8H10N2O5S. The molecule has 2 N–H and O–H groups in total. The number of hydroxylamine groups is 1. The smallest absolute Gasteiger partial charge is 0.356 e. The van der Waals surface area contributed by atoms with Crippen LogP contribution in [0.3, 0.4) is 0 Å². The van der Waals surface area contributed by atoms with Crippen LogP contribution in [0.4, 0.5) is 0 Å². The van der Waals surface area contributed by atoms with Crippen LogP contribution in [0.5, 0.6) is 0 Å². The maximum Gasteiger partial charge on any atom is 0.356 e. The summed E-state index contributed by atoms with van der Waals surface area (Å²) in [4.78, 5) is 35.8. The van der Waals surface area contributed by atoms with Crippen molar-refractivity contribution in [1.82, 2.24) is 10.8 Å². The molecule has 0 unspecified atom stereocenters. The first kappa shape index (κ1) is 12.5. The van der Waals surface area contributed by atoms with E-state index in [4.69, 9.17) is 4.74 Å². The van der Waals surface area contributed by atoms with Crippen molar-refractivity contribution < 1.29 is 24.0 Å². The van der Waals surface area contributed by atoms with Gasteiger partial charge in [0.2, 0.25) is 12.0 Å². The molecule has 7 nitrogen and oxygen atoms in total. The van der Waals surface area contributed by atoms with Gasteiger partial charge in [0.25, 0.3) is 0 Å². The number of carbonyl (C=O) groups excluding carboxylic acids is 3. The Hall–Kier alpha value is -1.54. The summed E-state index contributed by atoms with van der Waals surface area (Å²) < 4.78 is 4.89. The van der Waals surface area contributed by atoms with Gasteiger partial charge in [-0.3, -0.25) is 10.1 Å². The Bertz CT molecular complexity index is 301. The number of nitrogens with one attached hydrogen (secondary N) is 2. The van der Waals surface area contributed by atoms with Gasteiger partial charge in [-0.15, -0.1) is 11.8 Å². The van der Waals surface area contributed by atoms with Crippen LogP contribution in [0.25, 0.3) is 0 Å². The number of hydrogen-bond acceptors (Lipinski definition) is 7. The van der Waals surface area contributed by atoms with Gasteiger partial charge >= 0.3 is 11.9 Å². The molecule has 0 aromatic heterocycles. The standard InChI is InChI=1S/C8H10N2O5S/c11-5-10-15-7(13)2-1-6(12)14-8-9-3-4-16-8/h1-2,5,8-9H,3-4H2,(H,10,11)/b2-1+/t8-/m1/s1. The van der Waals surface area contributed by atoms with Gasteiger partial charge in [0.05, 0.1) is 0 Å². The summed E-state index contributed by atoms with van der Waals surface area (Å²) in [6.45, 7) is 0.775. The van der Waals surface area contributed by atoms with E-state index in [2.05, 4.69) is 10.2 Å². The second-order valence-electron chi connectivity index (χ2n) is 2.58. The highest BCUT2D eigenvalue weighted by Gasteiger charge is 2.17. The van der Waals surface area contributed by atoms with Crippen molar-refractivity contribution in [2.75, 3.05) is 12.3 Å². The Kier molecular flexibility index (Phi) is 5.37. The highest BCUT2D eigenvalue weighted by Crippen LogP contribution is 2.14. The lowest BCUT2D eigenvalue weighted by atomic mass is 10.5. The minimum absolute atomic E-state index is 0.198. The monoisotopic (exact) mass is 246 g/mol. The molecular weight excluding hydrogens is 236 g/mol. The number of rotatable bonds is 5. The summed E-state index contributed by atoms with van der Waals surface area (Å²) in [5.74, 6) is -0.654. The predicted molar refractivity (Wildman–Crippen MR) is 54.8 cm³/mol. The number of esters is 1. The normalized spacial score (nSPS) is 19.4. The molecule has 16 heavy (non-hydrogen) atoms. The predicted octanol–water partition coefficient (Wildman–Crippen LogP) is -1.09. The third-order valence-electron chi connectivity index (χ3n) is 1.47. The minimum Gasteiger partial charge on any atom is -0.434 e. The largest absolute Gasteiger partial charge is 0.434 e. The topological polar surface area (TPSA) is 93.7 Å². The van der Waals surface area contributed by atoms with E-state index in [-0.39, 0.29) is 12.0 Å². The van der Waals surface area contributed by atoms with Crippen molar-refractivity contribution in [2.24, 2.45) is 0 Å². The van der Waals surface area contributed by atoms with E-state index >= 15 is 0 Å². The van der Waals surface area contributed by atoms with Gasteiger partial charge in [0.1, 0.15) is 0 Å². The van der Waals surface area contributed by atoms with Gasteiger partial charge in [-0.2, -0.15) is 5.48 Å². The fraction of sp³-hybridized carbons (Fsp3) is 0.375. The van der Waals surface area contributed by atoms with E-state index in [1.54, 1.807) is 5.48 Å². The van der Waals surface area contributed by atoms with E-state index in [9.17, 15) is 14.4 Å². The summed E-state index contributed by atoms with van der Waals surface area (Å²) in [5, 5.41) is 2.92. The number of amides is 1. The van der Waals surface area contributed by atoms with Crippen molar-refractivity contribution in [1.29, 1.82) is 0 Å². The lowest BCUT2D eigenvalue weighted by Gasteiger charge is -2.08. The van der Waals surface area contributed by atoms with Crippen LogP contribution in [-0.2, 0) is 24.0 Å². The molecule has 1 fully saturated rings. The molecule has 0 spiro atoms. The Labute approximate surface area is 95.5 Å². The lowest BCUT2D eigenvalue weighted by molar-refractivity contribution is -0.149. The molecule has 0 aromatic rings. The third-order valence-corrected chi connectivity index (χ3v) is 2.47. The first-order chi connectivity index (χ1) is 7.72. The van der Waals surface area contributed by atoms with Crippen molar-refractivity contribution in [2.45, 2.75) is 5.56 Å². The molecule has 0 aromatic carbocycles. The van der Waals surface area contributed by atoms with E-state index in [0.717, 1.165) is 24.4 Å². The molecule has 1 saturated heterocycles. The van der Waals surface area contributed by atoms with Gasteiger partial charge in [0.15, 0.2) is 0 Å². The zero-order valence-corrected chi connectivity index (χ0v) is 8.99. The second-order valence-corrected chi connectivity index (χ2v) is 3.75. The van der Waals surface area contributed by atoms with Crippen molar-refractivity contribution in [3.63, 3.8) is 0 Å². The average molecular weight is 246 g/mol. The highest BCUT2D eigenvalue weighted by molar-refractivity contribution is 8.00.